The van der Waals surface area contributed by atoms with E-state index in [1.54, 1.807) is 18.2 Å². The van der Waals surface area contributed by atoms with Gasteiger partial charge in [-0.25, -0.2) is 4.39 Å². The number of ether oxygens (including phenoxy) is 1. The van der Waals surface area contributed by atoms with Crippen LogP contribution >= 0.6 is 24.0 Å². The molecule has 190 valence electrons. The maximum Gasteiger partial charge on any atom is 0.312 e. The van der Waals surface area contributed by atoms with Gasteiger partial charge in [-0.3, -0.25) is 10.1 Å². The van der Waals surface area contributed by atoms with E-state index in [2.05, 4.69) is 6.07 Å². The van der Waals surface area contributed by atoms with Crippen LogP contribution in [0.3, 0.4) is 0 Å². The minimum atomic E-state index is -1.51. The van der Waals surface area contributed by atoms with Gasteiger partial charge < -0.3 is 14.7 Å². The molecule has 0 heterocycles. The Morgan fingerprint density at radius 3 is 2.47 bits per heavy atom. The van der Waals surface area contributed by atoms with Crippen LogP contribution in [0.25, 0.3) is 0 Å². The van der Waals surface area contributed by atoms with E-state index in [0.29, 0.717) is 41.6 Å². The molecular weight excluding hydrogens is 508 g/mol. The Kier molecular flexibility index (Phi) is 10.2. The molecule has 0 bridgehead atoms. The van der Waals surface area contributed by atoms with Crippen molar-refractivity contribution in [2.24, 2.45) is 0 Å². The lowest BCUT2D eigenvalue weighted by Gasteiger charge is -2.32. The molecule has 0 aromatic heterocycles. The molecule has 3 aromatic carbocycles. The average molecular weight is 534 g/mol. The summed E-state index contributed by atoms with van der Waals surface area (Å²) in [7, 11) is 3.86. The molecule has 1 N–H and O–H groups in total. The van der Waals surface area contributed by atoms with E-state index >= 15 is 0 Å². The molecule has 0 aliphatic carbocycles. The van der Waals surface area contributed by atoms with Crippen LogP contribution in [-0.4, -0.2) is 35.6 Å². The van der Waals surface area contributed by atoms with Gasteiger partial charge >= 0.3 is 5.69 Å². The van der Waals surface area contributed by atoms with Crippen molar-refractivity contribution in [1.29, 1.82) is 5.26 Å². The molecule has 0 aliphatic rings. The predicted molar refractivity (Wildman–Crippen MR) is 138 cm³/mol. The Labute approximate surface area is 220 Å². The zero-order valence-electron chi connectivity index (χ0n) is 19.8. The summed E-state index contributed by atoms with van der Waals surface area (Å²) in [4.78, 5) is 12.8. The molecule has 0 saturated carbocycles. The van der Waals surface area contributed by atoms with Crippen molar-refractivity contribution >= 4 is 29.7 Å². The van der Waals surface area contributed by atoms with Gasteiger partial charge in [-0.2, -0.15) is 5.26 Å². The number of nitro benzene ring substituents is 1. The molecule has 7 nitrogen and oxygen atoms in total. The topological polar surface area (TPSA) is 99.6 Å². The van der Waals surface area contributed by atoms with Crippen LogP contribution in [0.2, 0.25) is 5.02 Å². The first kappa shape index (κ1) is 29.0. The van der Waals surface area contributed by atoms with Crippen LogP contribution < -0.4 is 4.74 Å². The summed E-state index contributed by atoms with van der Waals surface area (Å²) in [5.74, 6) is -0.423. The number of nitrogens with zero attached hydrogens (tertiary/aromatic N) is 3. The monoisotopic (exact) mass is 533 g/mol. The SMILES string of the molecule is CN(C)CCC[C@@](O)(c1ccc(F)cc1)c1ccc(C#N)cc1COc1ccc(Cl)cc1[N+](=O)[O-].Cl. The fourth-order valence-electron chi connectivity index (χ4n) is 3.91. The molecule has 0 fully saturated rings. The van der Waals surface area contributed by atoms with Gasteiger partial charge in [-0.1, -0.05) is 29.8 Å². The first-order valence-electron chi connectivity index (χ1n) is 10.9. The third-order valence-electron chi connectivity index (χ3n) is 5.65. The molecule has 0 spiro atoms. The summed E-state index contributed by atoms with van der Waals surface area (Å²) in [5.41, 5.74) is -0.0324. The van der Waals surface area contributed by atoms with Gasteiger partial charge in [-0.05, 0) is 86.6 Å². The summed E-state index contributed by atoms with van der Waals surface area (Å²) in [5, 5.41) is 33.1. The average Bonchev–Trinajstić information content (AvgIpc) is 2.83. The Bertz CT molecular complexity index is 1250. The lowest BCUT2D eigenvalue weighted by atomic mass is 9.80. The zero-order chi connectivity index (χ0) is 25.6. The number of hydrogen-bond donors (Lipinski definition) is 1. The Morgan fingerprint density at radius 2 is 1.86 bits per heavy atom. The standard InChI is InChI=1S/C26H25ClFN3O4.ClH/c1-30(2)13-3-12-26(32,20-5-8-22(28)9-6-20)23-10-4-18(16-29)14-19(23)17-35-25-11-7-21(27)15-24(25)31(33)34;/h4-11,14-15,32H,3,12-13,17H2,1-2H3;1H/t26-;/m1./s1. The smallest absolute Gasteiger partial charge is 0.312 e. The molecule has 3 rings (SSSR count). The summed E-state index contributed by atoms with van der Waals surface area (Å²) < 4.78 is 19.4. The largest absolute Gasteiger partial charge is 0.482 e. The Hall–Kier alpha value is -3.22. The maximum absolute atomic E-state index is 13.6. The van der Waals surface area contributed by atoms with Crippen molar-refractivity contribution in [3.05, 3.63) is 104 Å². The molecule has 0 unspecified atom stereocenters. The van der Waals surface area contributed by atoms with Gasteiger partial charge in [0.2, 0.25) is 0 Å². The molecule has 3 aromatic rings. The minimum absolute atomic E-state index is 0. The normalized spacial score (nSPS) is 12.4. The van der Waals surface area contributed by atoms with E-state index in [4.69, 9.17) is 16.3 Å². The number of benzene rings is 3. The third-order valence-corrected chi connectivity index (χ3v) is 5.88. The van der Waals surface area contributed by atoms with Crippen molar-refractivity contribution in [2.45, 2.75) is 25.0 Å². The number of halogens is 3. The van der Waals surface area contributed by atoms with E-state index in [9.17, 15) is 24.9 Å². The second kappa shape index (κ2) is 12.7. The number of rotatable bonds is 10. The van der Waals surface area contributed by atoms with E-state index < -0.39 is 16.3 Å². The fourth-order valence-corrected chi connectivity index (χ4v) is 4.07. The molecule has 0 aliphatic heterocycles. The van der Waals surface area contributed by atoms with Gasteiger partial charge in [0, 0.05) is 11.1 Å². The highest BCUT2D eigenvalue weighted by Gasteiger charge is 2.34. The fraction of sp³-hybridized carbons (Fsp3) is 0.269. The van der Waals surface area contributed by atoms with E-state index in [-0.39, 0.29) is 35.5 Å². The van der Waals surface area contributed by atoms with Crippen LogP contribution in [0.4, 0.5) is 10.1 Å². The number of nitriles is 1. The van der Waals surface area contributed by atoms with Gasteiger partial charge in [0.1, 0.15) is 18.0 Å². The molecule has 10 heteroatoms. The second-order valence-corrected chi connectivity index (χ2v) is 8.85. The highest BCUT2D eigenvalue weighted by molar-refractivity contribution is 6.30. The Balaban J connectivity index is 0.00000456. The van der Waals surface area contributed by atoms with Crippen LogP contribution in [0.5, 0.6) is 5.75 Å². The van der Waals surface area contributed by atoms with Crippen molar-refractivity contribution < 1.29 is 19.2 Å². The van der Waals surface area contributed by atoms with Gasteiger partial charge in [-0.15, -0.1) is 12.4 Å². The number of hydrogen-bond acceptors (Lipinski definition) is 6. The summed E-state index contributed by atoms with van der Waals surface area (Å²) >= 11 is 5.89. The highest BCUT2D eigenvalue weighted by atomic mass is 35.5. The van der Waals surface area contributed by atoms with Crippen LogP contribution in [0, 0.1) is 27.3 Å². The summed E-state index contributed by atoms with van der Waals surface area (Å²) in [6.07, 6.45) is 0.945. The van der Waals surface area contributed by atoms with E-state index in [1.807, 2.05) is 19.0 Å². The van der Waals surface area contributed by atoms with E-state index in [1.165, 1.54) is 42.5 Å². The van der Waals surface area contributed by atoms with Gasteiger partial charge in [0.25, 0.3) is 0 Å². The predicted octanol–water partition coefficient (Wildman–Crippen LogP) is 5.84. The van der Waals surface area contributed by atoms with Crippen molar-refractivity contribution in [1.82, 2.24) is 4.90 Å². The molecule has 1 atom stereocenters. The quantitative estimate of drug-likeness (QED) is 0.259. The highest BCUT2D eigenvalue weighted by Crippen LogP contribution is 2.38. The molecule has 0 radical (unpaired) electrons. The van der Waals surface area contributed by atoms with E-state index in [0.717, 1.165) is 0 Å². The molecular formula is C26H26Cl2FN3O4. The van der Waals surface area contributed by atoms with Gasteiger partial charge in [0.15, 0.2) is 5.75 Å². The summed E-state index contributed by atoms with van der Waals surface area (Å²) in [6.45, 7) is 0.563. The maximum atomic E-state index is 13.6. The third kappa shape index (κ3) is 6.93. The summed E-state index contributed by atoms with van der Waals surface area (Å²) in [6, 6.07) is 16.6. The van der Waals surface area contributed by atoms with Crippen LogP contribution in [0.1, 0.15) is 35.1 Å². The van der Waals surface area contributed by atoms with Crippen molar-refractivity contribution in [2.75, 3.05) is 20.6 Å². The lowest BCUT2D eigenvalue weighted by Crippen LogP contribution is -2.30. The van der Waals surface area contributed by atoms with Crippen LogP contribution in [-0.2, 0) is 12.2 Å². The molecule has 0 saturated heterocycles. The lowest BCUT2D eigenvalue weighted by molar-refractivity contribution is -0.385. The zero-order valence-corrected chi connectivity index (χ0v) is 21.4. The van der Waals surface area contributed by atoms with Crippen molar-refractivity contribution in [3.8, 4) is 11.8 Å². The van der Waals surface area contributed by atoms with Crippen molar-refractivity contribution in [3.63, 3.8) is 0 Å². The minimum Gasteiger partial charge on any atom is -0.482 e. The molecule has 0 amide bonds. The first-order valence-corrected chi connectivity index (χ1v) is 11.2. The molecule has 36 heavy (non-hydrogen) atoms. The van der Waals surface area contributed by atoms with Crippen LogP contribution in [0.15, 0.2) is 60.7 Å². The second-order valence-electron chi connectivity index (χ2n) is 8.42. The van der Waals surface area contributed by atoms with Gasteiger partial charge in [0.05, 0.1) is 16.6 Å². The Morgan fingerprint density at radius 1 is 1.17 bits per heavy atom. The first-order chi connectivity index (χ1) is 16.6. The number of nitro groups is 1. The number of aliphatic hydroxyl groups is 1.